The van der Waals surface area contributed by atoms with Gasteiger partial charge in [0.15, 0.2) is 0 Å². The van der Waals surface area contributed by atoms with Gasteiger partial charge in [-0.05, 0) is 31.9 Å². The molecule has 21 heavy (non-hydrogen) atoms. The molecule has 1 aliphatic carbocycles. The van der Waals surface area contributed by atoms with Crippen LogP contribution in [0.3, 0.4) is 0 Å². The monoisotopic (exact) mass is 290 g/mol. The van der Waals surface area contributed by atoms with Gasteiger partial charge in [0.05, 0.1) is 12.1 Å². The quantitative estimate of drug-likeness (QED) is 0.855. The molecular formula is C15H22N4O2. The Morgan fingerprint density at radius 3 is 2.52 bits per heavy atom. The molecule has 1 saturated carbocycles. The summed E-state index contributed by atoms with van der Waals surface area (Å²) in [6, 6.07) is 4.10. The number of carbonyl (C=O) groups excluding carboxylic acids is 2. The van der Waals surface area contributed by atoms with Gasteiger partial charge in [0, 0.05) is 32.9 Å². The Labute approximate surface area is 125 Å². The Balaban J connectivity index is 2.00. The second-order valence-corrected chi connectivity index (χ2v) is 5.46. The molecule has 2 amide bonds. The zero-order chi connectivity index (χ0) is 15.4. The van der Waals surface area contributed by atoms with Crippen molar-refractivity contribution in [2.75, 3.05) is 32.5 Å². The first-order valence-electron chi connectivity index (χ1n) is 7.23. The molecule has 0 radical (unpaired) electrons. The van der Waals surface area contributed by atoms with Crippen molar-refractivity contribution in [3.05, 3.63) is 23.9 Å². The van der Waals surface area contributed by atoms with Gasteiger partial charge in [-0.2, -0.15) is 0 Å². The van der Waals surface area contributed by atoms with Crippen LogP contribution in [0.25, 0.3) is 0 Å². The minimum atomic E-state index is -0.168. The lowest BCUT2D eigenvalue weighted by Gasteiger charge is -2.22. The Morgan fingerprint density at radius 1 is 1.33 bits per heavy atom. The lowest BCUT2D eigenvalue weighted by Crippen LogP contribution is -2.40. The van der Waals surface area contributed by atoms with Gasteiger partial charge in [0.25, 0.3) is 5.91 Å². The zero-order valence-electron chi connectivity index (χ0n) is 12.8. The molecule has 1 fully saturated rings. The maximum absolute atomic E-state index is 12.4. The van der Waals surface area contributed by atoms with Crippen LogP contribution in [0, 0.1) is 0 Å². The number of carbonyl (C=O) groups is 2. The molecule has 1 aromatic rings. The van der Waals surface area contributed by atoms with E-state index < -0.39 is 0 Å². The summed E-state index contributed by atoms with van der Waals surface area (Å²) in [7, 11) is 3.36. The van der Waals surface area contributed by atoms with Crippen molar-refractivity contribution in [1.82, 2.24) is 14.8 Å². The van der Waals surface area contributed by atoms with E-state index in [9.17, 15) is 9.59 Å². The van der Waals surface area contributed by atoms with Crippen molar-refractivity contribution in [2.45, 2.75) is 25.8 Å². The average molecular weight is 290 g/mol. The first-order chi connectivity index (χ1) is 10.0. The number of anilines is 1. The third-order valence-electron chi connectivity index (χ3n) is 3.43. The second kappa shape index (κ2) is 6.56. The predicted molar refractivity (Wildman–Crippen MR) is 81.2 cm³/mol. The highest BCUT2D eigenvalue weighted by Crippen LogP contribution is 2.23. The van der Waals surface area contributed by atoms with E-state index in [-0.39, 0.29) is 18.4 Å². The number of hydrogen-bond donors (Lipinski definition) is 1. The van der Waals surface area contributed by atoms with E-state index in [1.165, 1.54) is 22.6 Å². The molecule has 0 atom stereocenters. The Kier molecular flexibility index (Phi) is 4.77. The zero-order valence-corrected chi connectivity index (χ0v) is 12.8. The van der Waals surface area contributed by atoms with Crippen molar-refractivity contribution in [3.63, 3.8) is 0 Å². The average Bonchev–Trinajstić information content (AvgIpc) is 3.28. The Morgan fingerprint density at radius 2 is 2.05 bits per heavy atom. The van der Waals surface area contributed by atoms with E-state index >= 15 is 0 Å². The van der Waals surface area contributed by atoms with Gasteiger partial charge in [0.1, 0.15) is 5.82 Å². The lowest BCUT2D eigenvalue weighted by molar-refractivity contribution is -0.129. The van der Waals surface area contributed by atoms with Crippen molar-refractivity contribution >= 4 is 17.6 Å². The van der Waals surface area contributed by atoms with Crippen molar-refractivity contribution < 1.29 is 9.59 Å². The molecule has 6 heteroatoms. The van der Waals surface area contributed by atoms with Crippen LogP contribution in [0.4, 0.5) is 5.82 Å². The highest BCUT2D eigenvalue weighted by atomic mass is 16.2. The van der Waals surface area contributed by atoms with Crippen LogP contribution in [-0.2, 0) is 4.79 Å². The molecule has 114 valence electrons. The van der Waals surface area contributed by atoms with E-state index in [0.29, 0.717) is 18.2 Å². The molecule has 1 N–H and O–H groups in total. The first kappa shape index (κ1) is 15.3. The summed E-state index contributed by atoms with van der Waals surface area (Å²) in [6.07, 6.45) is 3.92. The van der Waals surface area contributed by atoms with Crippen molar-refractivity contribution in [3.8, 4) is 0 Å². The van der Waals surface area contributed by atoms with Crippen molar-refractivity contribution in [2.24, 2.45) is 0 Å². The fourth-order valence-corrected chi connectivity index (χ4v) is 1.86. The molecule has 0 unspecified atom stereocenters. The van der Waals surface area contributed by atoms with E-state index in [1.54, 1.807) is 26.4 Å². The van der Waals surface area contributed by atoms with Gasteiger partial charge in [-0.3, -0.25) is 9.59 Å². The summed E-state index contributed by atoms with van der Waals surface area (Å²) < 4.78 is 0. The summed E-state index contributed by atoms with van der Waals surface area (Å²) in [6.45, 7) is 2.43. The van der Waals surface area contributed by atoms with Gasteiger partial charge >= 0.3 is 0 Å². The summed E-state index contributed by atoms with van der Waals surface area (Å²) in [4.78, 5) is 31.4. The predicted octanol–water partition coefficient (Wildman–Crippen LogP) is 1.21. The highest BCUT2D eigenvalue weighted by Gasteiger charge is 2.22. The minimum Gasteiger partial charge on any atom is -0.367 e. The maximum Gasteiger partial charge on any atom is 0.255 e. The van der Waals surface area contributed by atoms with Crippen LogP contribution in [-0.4, -0.2) is 59.8 Å². The normalized spacial score (nSPS) is 13.7. The number of nitrogens with zero attached hydrogens (tertiary/aromatic N) is 3. The standard InChI is InChI=1S/C15H22N4O2/c1-4-19(10-14(20)18(2)3)15(21)11-5-8-13(16-9-11)17-12-6-7-12/h5,8-9,12H,4,6-7,10H2,1-3H3,(H,16,17). The van der Waals surface area contributed by atoms with Crippen LogP contribution in [0.2, 0.25) is 0 Å². The fraction of sp³-hybridized carbons (Fsp3) is 0.533. The van der Waals surface area contributed by atoms with Gasteiger partial charge in [-0.25, -0.2) is 4.98 Å². The van der Waals surface area contributed by atoms with E-state index in [1.807, 2.05) is 13.0 Å². The molecule has 0 spiro atoms. The number of rotatable bonds is 6. The largest absolute Gasteiger partial charge is 0.367 e. The number of hydrogen-bond acceptors (Lipinski definition) is 4. The van der Waals surface area contributed by atoms with E-state index in [2.05, 4.69) is 10.3 Å². The maximum atomic E-state index is 12.4. The number of amides is 2. The first-order valence-corrected chi connectivity index (χ1v) is 7.23. The van der Waals surface area contributed by atoms with Crippen molar-refractivity contribution in [1.29, 1.82) is 0 Å². The molecule has 6 nitrogen and oxygen atoms in total. The van der Waals surface area contributed by atoms with Crippen LogP contribution in [0.1, 0.15) is 30.1 Å². The summed E-state index contributed by atoms with van der Waals surface area (Å²) >= 11 is 0. The van der Waals surface area contributed by atoms with E-state index in [0.717, 1.165) is 5.82 Å². The van der Waals surface area contributed by atoms with Gasteiger partial charge < -0.3 is 15.1 Å². The molecule has 0 saturated heterocycles. The van der Waals surface area contributed by atoms with Gasteiger partial charge in [-0.15, -0.1) is 0 Å². The molecule has 0 bridgehead atoms. The molecular weight excluding hydrogens is 268 g/mol. The minimum absolute atomic E-state index is 0.0877. The number of aromatic nitrogens is 1. The summed E-state index contributed by atoms with van der Waals surface area (Å²) in [5.74, 6) is 0.532. The molecule has 1 aromatic heterocycles. The third kappa shape index (κ3) is 4.18. The Hall–Kier alpha value is -2.11. The summed E-state index contributed by atoms with van der Waals surface area (Å²) in [5, 5.41) is 3.28. The summed E-state index contributed by atoms with van der Waals surface area (Å²) in [5.41, 5.74) is 0.504. The number of nitrogens with one attached hydrogen (secondary N) is 1. The van der Waals surface area contributed by atoms with Crippen LogP contribution < -0.4 is 5.32 Å². The third-order valence-corrected chi connectivity index (χ3v) is 3.43. The topological polar surface area (TPSA) is 65.5 Å². The second-order valence-electron chi connectivity index (χ2n) is 5.46. The Bertz CT molecular complexity index is 509. The molecule has 0 aromatic carbocycles. The lowest BCUT2D eigenvalue weighted by atomic mass is 10.2. The van der Waals surface area contributed by atoms with E-state index in [4.69, 9.17) is 0 Å². The van der Waals surface area contributed by atoms with Crippen LogP contribution in [0.15, 0.2) is 18.3 Å². The highest BCUT2D eigenvalue weighted by molar-refractivity contribution is 5.96. The van der Waals surface area contributed by atoms with Crippen LogP contribution in [0.5, 0.6) is 0 Å². The number of likely N-dealkylation sites (N-methyl/N-ethyl adjacent to an activating group) is 2. The molecule has 2 rings (SSSR count). The molecule has 0 aliphatic heterocycles. The van der Waals surface area contributed by atoms with Gasteiger partial charge in [0.2, 0.25) is 5.91 Å². The fourth-order valence-electron chi connectivity index (χ4n) is 1.86. The number of pyridine rings is 1. The SMILES string of the molecule is CCN(CC(=O)N(C)C)C(=O)c1ccc(NC2CC2)nc1. The smallest absolute Gasteiger partial charge is 0.255 e. The molecule has 1 heterocycles. The molecule has 1 aliphatic rings. The van der Waals surface area contributed by atoms with Crippen LogP contribution >= 0.6 is 0 Å². The van der Waals surface area contributed by atoms with Gasteiger partial charge in [-0.1, -0.05) is 0 Å².